The lowest BCUT2D eigenvalue weighted by Gasteiger charge is -2.33. The Morgan fingerprint density at radius 3 is 2.50 bits per heavy atom. The van der Waals surface area contributed by atoms with E-state index >= 15 is 0 Å². The third kappa shape index (κ3) is 7.70. The van der Waals surface area contributed by atoms with Gasteiger partial charge in [-0.25, -0.2) is 9.97 Å². The molecule has 1 aliphatic carbocycles. The van der Waals surface area contributed by atoms with Crippen molar-refractivity contribution < 1.29 is 4.79 Å². The largest absolute Gasteiger partial charge is 0.351 e. The third-order valence-corrected chi connectivity index (χ3v) is 8.88. The lowest BCUT2D eigenvalue weighted by molar-refractivity contribution is -0.124. The van der Waals surface area contributed by atoms with Crippen LogP contribution in [0.1, 0.15) is 65.6 Å². The number of hydrogen-bond acceptors (Lipinski definition) is 7. The van der Waals surface area contributed by atoms with Gasteiger partial charge in [0.1, 0.15) is 5.82 Å². The molecule has 1 amide bonds. The van der Waals surface area contributed by atoms with Crippen LogP contribution in [0, 0.1) is 24.2 Å². The van der Waals surface area contributed by atoms with E-state index in [2.05, 4.69) is 31.3 Å². The smallest absolute Gasteiger partial charge is 0.229 e. The van der Waals surface area contributed by atoms with Crippen molar-refractivity contribution in [3.05, 3.63) is 120 Å². The average molecular weight is 611 g/mol. The molecule has 0 radical (unpaired) electrons. The number of nitrogens with one attached hydrogen (secondary N) is 1. The van der Waals surface area contributed by atoms with Crippen LogP contribution in [0.3, 0.4) is 0 Å². The SMILES string of the molecule is C#Cc1cnc(C[C@H]2CC[C@H](C(C(=O)NCc3ccccc3)c3ccc(-c4cnn(C)c4)cn3)CC2)nc1CCc1cnccn1. The standard InChI is InChI=1S/C37H38N8O/c1-3-28-21-41-35(44-33(28)16-14-32-24-38-17-18-39-32)19-26-9-11-29(12-10-26)36(37(46)42-20-27-7-5-4-6-8-27)34-15-13-30(22-40-34)31-23-43-45(2)25-31/h1,4-8,13,15,17-18,21-26,29,36H,9-12,14,16,19-20H2,2H3,(H,42,46)/t26-,29-,36?. The second-order valence-electron chi connectivity index (χ2n) is 12.0. The second-order valence-corrected chi connectivity index (χ2v) is 12.0. The van der Waals surface area contributed by atoms with E-state index in [1.165, 1.54) is 0 Å². The normalized spacial score (nSPS) is 16.8. The summed E-state index contributed by atoms with van der Waals surface area (Å²) in [6.07, 6.45) is 24.4. The predicted molar refractivity (Wildman–Crippen MR) is 176 cm³/mol. The van der Waals surface area contributed by atoms with E-state index in [0.29, 0.717) is 18.9 Å². The molecule has 9 nitrogen and oxygen atoms in total. The van der Waals surface area contributed by atoms with E-state index < -0.39 is 0 Å². The summed E-state index contributed by atoms with van der Waals surface area (Å²) in [5.41, 5.74) is 6.38. The molecule has 0 aliphatic heterocycles. The van der Waals surface area contributed by atoms with Gasteiger partial charge in [-0.05, 0) is 62.0 Å². The Hall–Kier alpha value is -5.23. The molecule has 232 valence electrons. The molecule has 46 heavy (non-hydrogen) atoms. The summed E-state index contributed by atoms with van der Waals surface area (Å²) in [5, 5.41) is 7.48. The molecule has 5 aromatic rings. The van der Waals surface area contributed by atoms with Crippen molar-refractivity contribution in [2.75, 3.05) is 0 Å². The van der Waals surface area contributed by atoms with Crippen molar-refractivity contribution in [3.8, 4) is 23.5 Å². The van der Waals surface area contributed by atoms with Crippen molar-refractivity contribution in [2.24, 2.45) is 18.9 Å². The maximum Gasteiger partial charge on any atom is 0.229 e. The fraction of sp³-hybridized carbons (Fsp3) is 0.324. The van der Waals surface area contributed by atoms with Gasteiger partial charge in [-0.2, -0.15) is 5.10 Å². The highest BCUT2D eigenvalue weighted by molar-refractivity contribution is 5.83. The molecule has 9 heteroatoms. The van der Waals surface area contributed by atoms with Gasteiger partial charge in [0.2, 0.25) is 5.91 Å². The molecule has 0 bridgehead atoms. The van der Waals surface area contributed by atoms with Crippen molar-refractivity contribution in [2.45, 2.75) is 57.4 Å². The van der Waals surface area contributed by atoms with Crippen molar-refractivity contribution in [1.82, 2.24) is 40.0 Å². The van der Waals surface area contributed by atoms with Crippen LogP contribution >= 0.6 is 0 Å². The van der Waals surface area contributed by atoms with Crippen LogP contribution in [0.25, 0.3) is 11.1 Å². The number of carbonyl (C=O) groups is 1. The average Bonchev–Trinajstić information content (AvgIpc) is 3.54. The van der Waals surface area contributed by atoms with Gasteiger partial charge in [0, 0.05) is 68.3 Å². The first-order valence-corrected chi connectivity index (χ1v) is 15.9. The van der Waals surface area contributed by atoms with E-state index in [1.54, 1.807) is 29.5 Å². The Morgan fingerprint density at radius 2 is 1.80 bits per heavy atom. The highest BCUT2D eigenvalue weighted by Gasteiger charge is 2.34. The number of aromatic nitrogens is 7. The zero-order chi connectivity index (χ0) is 31.7. The van der Waals surface area contributed by atoms with E-state index in [0.717, 1.165) is 83.7 Å². The third-order valence-electron chi connectivity index (χ3n) is 8.88. The number of pyridine rings is 1. The molecule has 1 fully saturated rings. The molecule has 0 saturated heterocycles. The van der Waals surface area contributed by atoms with Gasteiger partial charge in [0.05, 0.1) is 34.8 Å². The highest BCUT2D eigenvalue weighted by Crippen LogP contribution is 2.39. The molecule has 0 spiro atoms. The summed E-state index contributed by atoms with van der Waals surface area (Å²) in [6.45, 7) is 0.490. The van der Waals surface area contributed by atoms with E-state index in [1.807, 2.05) is 68.1 Å². The fourth-order valence-electron chi connectivity index (χ4n) is 6.37. The molecule has 1 saturated carbocycles. The van der Waals surface area contributed by atoms with E-state index in [9.17, 15) is 4.79 Å². The molecular formula is C37H38N8O. The van der Waals surface area contributed by atoms with E-state index in [4.69, 9.17) is 16.4 Å². The zero-order valence-electron chi connectivity index (χ0n) is 26.1. The van der Waals surface area contributed by atoms with Crippen LogP contribution in [-0.4, -0.2) is 40.6 Å². The van der Waals surface area contributed by atoms with Crippen LogP contribution in [-0.2, 0) is 37.6 Å². The molecule has 6 rings (SSSR count). The Balaban J connectivity index is 1.13. The Kier molecular flexibility index (Phi) is 9.84. The molecule has 4 heterocycles. The minimum Gasteiger partial charge on any atom is -0.351 e. The summed E-state index contributed by atoms with van der Waals surface area (Å²) >= 11 is 0. The number of terminal acetylenes is 1. The van der Waals surface area contributed by atoms with Crippen LogP contribution in [0.15, 0.2) is 85.8 Å². The predicted octanol–water partition coefficient (Wildman–Crippen LogP) is 5.28. The van der Waals surface area contributed by atoms with Crippen LogP contribution in [0.5, 0.6) is 0 Å². The molecule has 4 aromatic heterocycles. The number of benzene rings is 1. The number of amides is 1. The van der Waals surface area contributed by atoms with Gasteiger partial charge in [-0.1, -0.05) is 42.3 Å². The van der Waals surface area contributed by atoms with Crippen molar-refractivity contribution in [3.63, 3.8) is 0 Å². The molecule has 1 atom stereocenters. The van der Waals surface area contributed by atoms with E-state index in [-0.39, 0.29) is 17.7 Å². The fourth-order valence-corrected chi connectivity index (χ4v) is 6.37. The maximum atomic E-state index is 13.8. The lowest BCUT2D eigenvalue weighted by atomic mass is 9.73. The summed E-state index contributed by atoms with van der Waals surface area (Å²) < 4.78 is 1.77. The quantitative estimate of drug-likeness (QED) is 0.203. The van der Waals surface area contributed by atoms with Crippen LogP contribution in [0.2, 0.25) is 0 Å². The molecule has 1 aromatic carbocycles. The first-order valence-electron chi connectivity index (χ1n) is 15.9. The summed E-state index contributed by atoms with van der Waals surface area (Å²) in [5.74, 6) is 3.88. The summed E-state index contributed by atoms with van der Waals surface area (Å²) in [4.78, 5) is 36.7. The number of rotatable bonds is 11. The molecule has 1 aliphatic rings. The molecule has 1 unspecified atom stereocenters. The monoisotopic (exact) mass is 610 g/mol. The van der Waals surface area contributed by atoms with Gasteiger partial charge in [-0.3, -0.25) is 24.4 Å². The Labute approximate surface area is 270 Å². The van der Waals surface area contributed by atoms with Gasteiger partial charge in [0.25, 0.3) is 0 Å². The first kappa shape index (κ1) is 30.8. The molecular weight excluding hydrogens is 572 g/mol. The topological polar surface area (TPSA) is 111 Å². The minimum absolute atomic E-state index is 0.0230. The van der Waals surface area contributed by atoms with Crippen molar-refractivity contribution in [1.29, 1.82) is 0 Å². The summed E-state index contributed by atoms with van der Waals surface area (Å²) in [7, 11) is 1.90. The molecule has 1 N–H and O–H groups in total. The zero-order valence-corrected chi connectivity index (χ0v) is 26.1. The minimum atomic E-state index is -0.327. The Morgan fingerprint density at radius 1 is 0.957 bits per heavy atom. The number of nitrogens with zero attached hydrogens (tertiary/aromatic N) is 7. The van der Waals surface area contributed by atoms with Crippen molar-refractivity contribution >= 4 is 5.91 Å². The highest BCUT2D eigenvalue weighted by atomic mass is 16.1. The number of hydrogen-bond donors (Lipinski definition) is 1. The lowest BCUT2D eigenvalue weighted by Crippen LogP contribution is -2.35. The summed E-state index contributed by atoms with van der Waals surface area (Å²) in [6, 6.07) is 14.1. The Bertz CT molecular complexity index is 1770. The van der Waals surface area contributed by atoms with Crippen LogP contribution in [0.4, 0.5) is 0 Å². The van der Waals surface area contributed by atoms with Gasteiger partial charge >= 0.3 is 0 Å². The van der Waals surface area contributed by atoms with Gasteiger partial charge < -0.3 is 5.32 Å². The second kappa shape index (κ2) is 14.7. The number of aryl methyl sites for hydroxylation is 3. The van der Waals surface area contributed by atoms with Crippen LogP contribution < -0.4 is 5.32 Å². The number of carbonyl (C=O) groups excluding carboxylic acids is 1. The maximum absolute atomic E-state index is 13.8. The van der Waals surface area contributed by atoms with Gasteiger partial charge in [-0.15, -0.1) is 6.42 Å². The van der Waals surface area contributed by atoms with Gasteiger partial charge in [0.15, 0.2) is 0 Å². The first-order chi connectivity index (χ1) is 22.6.